The maximum atomic E-state index is 13.2. The molecule has 0 spiro atoms. The fraction of sp³-hybridized carbons (Fsp3) is 0.375. The van der Waals surface area contributed by atoms with Crippen molar-refractivity contribution in [1.82, 2.24) is 9.66 Å². The van der Waals surface area contributed by atoms with E-state index in [1.807, 2.05) is 36.4 Å². The first kappa shape index (κ1) is 22.2. The zero-order valence-electron chi connectivity index (χ0n) is 18.1. The molecule has 3 rings (SSSR count). The fourth-order valence-electron chi connectivity index (χ4n) is 2.89. The first-order valence-corrected chi connectivity index (χ1v) is 11.0. The van der Waals surface area contributed by atoms with Gasteiger partial charge in [-0.05, 0) is 47.7 Å². The van der Waals surface area contributed by atoms with Crippen LogP contribution in [0.15, 0.2) is 56.8 Å². The highest BCUT2D eigenvalue weighted by Crippen LogP contribution is 2.21. The highest BCUT2D eigenvalue weighted by atomic mass is 79.9. The second kappa shape index (κ2) is 9.13. The van der Waals surface area contributed by atoms with Gasteiger partial charge in [-0.3, -0.25) is 4.79 Å². The topological polar surface area (TPSA) is 56.5 Å². The molecule has 0 aliphatic rings. The summed E-state index contributed by atoms with van der Waals surface area (Å²) in [7, 11) is 0. The molecule has 1 atom stereocenters. The fourth-order valence-corrected chi connectivity index (χ4v) is 3.25. The van der Waals surface area contributed by atoms with E-state index in [0.29, 0.717) is 23.3 Å². The minimum Gasteiger partial charge on any atom is -0.493 e. The van der Waals surface area contributed by atoms with Gasteiger partial charge in [-0.15, -0.1) is 0 Å². The minimum absolute atomic E-state index is 0.0770. The van der Waals surface area contributed by atoms with E-state index in [9.17, 15) is 4.79 Å². The largest absolute Gasteiger partial charge is 0.493 e. The van der Waals surface area contributed by atoms with Crippen LogP contribution in [-0.2, 0) is 0 Å². The average molecular weight is 470 g/mol. The number of benzene rings is 2. The Morgan fingerprint density at radius 3 is 2.70 bits per heavy atom. The van der Waals surface area contributed by atoms with Gasteiger partial charge in [0.2, 0.25) is 0 Å². The van der Waals surface area contributed by atoms with Crippen LogP contribution in [0, 0.1) is 5.41 Å². The van der Waals surface area contributed by atoms with Gasteiger partial charge in [0.15, 0.2) is 0 Å². The van der Waals surface area contributed by atoms with E-state index < -0.39 is 0 Å². The van der Waals surface area contributed by atoms with Gasteiger partial charge in [-0.2, -0.15) is 9.78 Å². The van der Waals surface area contributed by atoms with Gasteiger partial charge in [0.25, 0.3) is 5.56 Å². The van der Waals surface area contributed by atoms with Crippen LogP contribution in [0.25, 0.3) is 10.9 Å². The zero-order chi connectivity index (χ0) is 21.9. The standard InChI is InChI=1S/C24H28BrN3O2/c1-6-16(2)22-27-21-11-10-18(25)13-20(21)23(29)28(22)26-14-17-8-7-9-19(12-17)30-15-24(3,4)5/h7-14,16H,6,15H2,1-5H3/t16-/m0/s1. The molecule has 0 radical (unpaired) electrons. The van der Waals surface area contributed by atoms with Crippen molar-refractivity contribution in [2.75, 3.05) is 6.61 Å². The maximum Gasteiger partial charge on any atom is 0.282 e. The van der Waals surface area contributed by atoms with Crippen molar-refractivity contribution in [2.24, 2.45) is 10.5 Å². The number of halogens is 1. The number of hydrogen-bond acceptors (Lipinski definition) is 4. The van der Waals surface area contributed by atoms with Gasteiger partial charge < -0.3 is 4.74 Å². The highest BCUT2D eigenvalue weighted by molar-refractivity contribution is 9.10. The number of rotatable bonds is 6. The Kier molecular flexibility index (Phi) is 6.76. The minimum atomic E-state index is -0.173. The lowest BCUT2D eigenvalue weighted by molar-refractivity contribution is 0.198. The molecule has 1 aromatic heterocycles. The first-order chi connectivity index (χ1) is 14.2. The molecule has 0 bridgehead atoms. The molecule has 6 heteroatoms. The van der Waals surface area contributed by atoms with Crippen LogP contribution in [0.1, 0.15) is 58.3 Å². The van der Waals surface area contributed by atoms with Gasteiger partial charge in [-0.1, -0.05) is 62.7 Å². The number of ether oxygens (including phenoxy) is 1. The first-order valence-electron chi connectivity index (χ1n) is 10.2. The normalized spacial score (nSPS) is 13.1. The third-order valence-electron chi connectivity index (χ3n) is 4.74. The smallest absolute Gasteiger partial charge is 0.282 e. The van der Waals surface area contributed by atoms with E-state index >= 15 is 0 Å². The molecule has 3 aromatic rings. The summed E-state index contributed by atoms with van der Waals surface area (Å²) < 4.78 is 8.15. The van der Waals surface area contributed by atoms with E-state index in [0.717, 1.165) is 22.2 Å². The summed E-state index contributed by atoms with van der Waals surface area (Å²) in [5.74, 6) is 1.54. The van der Waals surface area contributed by atoms with E-state index in [1.165, 1.54) is 4.68 Å². The second-order valence-electron chi connectivity index (χ2n) is 8.72. The maximum absolute atomic E-state index is 13.2. The second-order valence-corrected chi connectivity index (χ2v) is 9.64. The SMILES string of the molecule is CC[C@H](C)c1nc2ccc(Br)cc2c(=O)n1N=Cc1cccc(OCC(C)(C)C)c1. The molecule has 1 heterocycles. The lowest BCUT2D eigenvalue weighted by Crippen LogP contribution is -2.23. The third-order valence-corrected chi connectivity index (χ3v) is 5.23. The highest BCUT2D eigenvalue weighted by Gasteiger charge is 2.15. The quantitative estimate of drug-likeness (QED) is 0.417. The summed E-state index contributed by atoms with van der Waals surface area (Å²) in [5, 5.41) is 5.06. The Bertz CT molecular complexity index is 1130. The van der Waals surface area contributed by atoms with Crippen LogP contribution in [0.4, 0.5) is 0 Å². The predicted octanol–water partition coefficient (Wildman–Crippen LogP) is 5.98. The number of hydrogen-bond donors (Lipinski definition) is 0. The van der Waals surface area contributed by atoms with Crippen molar-refractivity contribution in [3.8, 4) is 5.75 Å². The Labute approximate surface area is 185 Å². The summed E-state index contributed by atoms with van der Waals surface area (Å²) >= 11 is 3.44. The van der Waals surface area contributed by atoms with Crippen LogP contribution in [-0.4, -0.2) is 22.5 Å². The van der Waals surface area contributed by atoms with Crippen molar-refractivity contribution < 1.29 is 4.74 Å². The number of fused-ring (bicyclic) bond motifs is 1. The van der Waals surface area contributed by atoms with Crippen LogP contribution < -0.4 is 10.3 Å². The number of nitrogens with zero attached hydrogens (tertiary/aromatic N) is 3. The van der Waals surface area contributed by atoms with Crippen LogP contribution in [0.2, 0.25) is 0 Å². The monoisotopic (exact) mass is 469 g/mol. The molecule has 158 valence electrons. The molecule has 2 aromatic carbocycles. The van der Waals surface area contributed by atoms with Gasteiger partial charge in [0, 0.05) is 10.4 Å². The lowest BCUT2D eigenvalue weighted by atomic mass is 9.99. The summed E-state index contributed by atoms with van der Waals surface area (Å²) in [6.45, 7) is 11.1. The molecule has 0 N–H and O–H groups in total. The van der Waals surface area contributed by atoms with E-state index in [2.05, 4.69) is 55.7 Å². The summed E-state index contributed by atoms with van der Waals surface area (Å²) in [6.07, 6.45) is 2.54. The molecule has 5 nitrogen and oxygen atoms in total. The molecular weight excluding hydrogens is 442 g/mol. The van der Waals surface area contributed by atoms with E-state index in [4.69, 9.17) is 9.72 Å². The average Bonchev–Trinajstić information content (AvgIpc) is 2.71. The van der Waals surface area contributed by atoms with Crippen molar-refractivity contribution >= 4 is 33.0 Å². The predicted molar refractivity (Wildman–Crippen MR) is 127 cm³/mol. The molecule has 30 heavy (non-hydrogen) atoms. The van der Waals surface area contributed by atoms with Crippen molar-refractivity contribution in [3.05, 3.63) is 68.7 Å². The van der Waals surface area contributed by atoms with Crippen molar-refractivity contribution in [2.45, 2.75) is 47.0 Å². The van der Waals surface area contributed by atoms with Crippen LogP contribution in [0.3, 0.4) is 0 Å². The lowest BCUT2D eigenvalue weighted by Gasteiger charge is -2.18. The number of aromatic nitrogens is 2. The van der Waals surface area contributed by atoms with Gasteiger partial charge in [0.05, 0.1) is 23.7 Å². The van der Waals surface area contributed by atoms with Crippen LogP contribution >= 0.6 is 15.9 Å². The van der Waals surface area contributed by atoms with Crippen molar-refractivity contribution in [1.29, 1.82) is 0 Å². The molecule has 0 unspecified atom stereocenters. The molecule has 0 aliphatic heterocycles. The Hall–Kier alpha value is -2.47. The third kappa shape index (κ3) is 5.36. The summed E-state index contributed by atoms with van der Waals surface area (Å²) in [6, 6.07) is 13.3. The van der Waals surface area contributed by atoms with Crippen molar-refractivity contribution in [3.63, 3.8) is 0 Å². The van der Waals surface area contributed by atoms with Gasteiger partial charge in [-0.25, -0.2) is 4.98 Å². The Morgan fingerprint density at radius 2 is 2.00 bits per heavy atom. The van der Waals surface area contributed by atoms with Crippen LogP contribution in [0.5, 0.6) is 5.75 Å². The Morgan fingerprint density at radius 1 is 1.23 bits per heavy atom. The molecular formula is C24H28BrN3O2. The van der Waals surface area contributed by atoms with E-state index in [-0.39, 0.29) is 16.9 Å². The summed E-state index contributed by atoms with van der Waals surface area (Å²) in [5.41, 5.74) is 1.45. The molecule has 0 saturated carbocycles. The van der Waals surface area contributed by atoms with Gasteiger partial charge >= 0.3 is 0 Å². The van der Waals surface area contributed by atoms with E-state index in [1.54, 1.807) is 12.3 Å². The molecule has 0 saturated heterocycles. The molecule has 0 amide bonds. The summed E-state index contributed by atoms with van der Waals surface area (Å²) in [4.78, 5) is 17.9. The Balaban J connectivity index is 2.01. The molecule has 0 fully saturated rings. The molecule has 0 aliphatic carbocycles. The zero-order valence-corrected chi connectivity index (χ0v) is 19.7. The van der Waals surface area contributed by atoms with Gasteiger partial charge in [0.1, 0.15) is 11.6 Å².